The highest BCUT2D eigenvalue weighted by molar-refractivity contribution is 7.53. The molecule has 0 saturated carbocycles. The Morgan fingerprint density at radius 2 is 1.49 bits per heavy atom. The lowest BCUT2D eigenvalue weighted by atomic mass is 10.1. The summed E-state index contributed by atoms with van der Waals surface area (Å²) in [6, 6.07) is 24.3. The summed E-state index contributed by atoms with van der Waals surface area (Å²) in [5.41, 5.74) is -0.0152. The maximum atomic E-state index is 13.8. The number of carbonyl (C=O) groups is 2. The number of hydrogen-bond donors (Lipinski definition) is 1. The summed E-state index contributed by atoms with van der Waals surface area (Å²) in [6.45, 7) is 2.80. The number of benzene rings is 3. The van der Waals surface area contributed by atoms with Crippen LogP contribution in [0, 0.1) is 0 Å². The number of ether oxygens (including phenoxy) is 3. The number of aryl methyl sites for hydroxylation is 1. The van der Waals surface area contributed by atoms with Crippen LogP contribution in [0.4, 0.5) is 0 Å². The largest absolute Gasteiger partial charge is 0.459 e. The van der Waals surface area contributed by atoms with E-state index in [1.54, 1.807) is 60.7 Å². The van der Waals surface area contributed by atoms with Crippen molar-refractivity contribution in [1.82, 2.24) is 9.55 Å². The van der Waals surface area contributed by atoms with Crippen LogP contribution >= 0.6 is 7.60 Å². The maximum absolute atomic E-state index is 13.8. The van der Waals surface area contributed by atoms with Gasteiger partial charge in [0.2, 0.25) is 0 Å². The van der Waals surface area contributed by atoms with Crippen LogP contribution in [0.5, 0.6) is 5.75 Å². The molecule has 45 heavy (non-hydrogen) atoms. The molecule has 0 amide bonds. The minimum Gasteiger partial charge on any atom is -0.459 e. The zero-order valence-electron chi connectivity index (χ0n) is 24.4. The van der Waals surface area contributed by atoms with Gasteiger partial charge in [0.05, 0.1) is 11.1 Å². The Hall–Kier alpha value is -4.77. The first kappa shape index (κ1) is 31.6. The van der Waals surface area contributed by atoms with Gasteiger partial charge in [0, 0.05) is 18.9 Å². The Bertz CT molecular complexity index is 1790. The van der Waals surface area contributed by atoms with Crippen LogP contribution in [0.2, 0.25) is 0 Å². The first-order valence-corrected chi connectivity index (χ1v) is 16.1. The van der Waals surface area contributed by atoms with E-state index in [4.69, 9.17) is 23.3 Å². The molecule has 2 heterocycles. The molecule has 1 saturated heterocycles. The lowest BCUT2D eigenvalue weighted by Crippen LogP contribution is -2.41. The predicted molar refractivity (Wildman–Crippen MR) is 162 cm³/mol. The van der Waals surface area contributed by atoms with E-state index in [2.05, 4.69) is 4.98 Å². The summed E-state index contributed by atoms with van der Waals surface area (Å²) in [7, 11) is -3.98. The van der Waals surface area contributed by atoms with Crippen LogP contribution in [-0.4, -0.2) is 53.1 Å². The van der Waals surface area contributed by atoms with E-state index in [9.17, 15) is 23.7 Å². The van der Waals surface area contributed by atoms with Crippen molar-refractivity contribution in [3.8, 4) is 5.75 Å². The molecule has 5 rings (SSSR count). The van der Waals surface area contributed by atoms with Crippen molar-refractivity contribution in [2.45, 2.75) is 37.9 Å². The summed E-state index contributed by atoms with van der Waals surface area (Å²) in [5.74, 6) is -1.19. The summed E-state index contributed by atoms with van der Waals surface area (Å²) in [4.78, 5) is 52.9. The molecule has 1 aliphatic heterocycles. The van der Waals surface area contributed by atoms with Crippen molar-refractivity contribution in [3.05, 3.63) is 135 Å². The molecule has 0 aliphatic carbocycles. The highest BCUT2D eigenvalue weighted by Crippen LogP contribution is 2.49. The number of rotatable bonds is 11. The normalized spacial score (nSPS) is 20.6. The SMILES string of the molecule is CCc1ccc(OP(C)(=O)O[C@H]2[C@@H](OC(=O)c3ccccc3)[C@H](n3ccc(=O)[nH]c3=O)O[C@@H]2COC(=O)c2ccccc2)cc1. The van der Waals surface area contributed by atoms with Gasteiger partial charge in [0.1, 0.15) is 24.6 Å². The second-order valence-corrected chi connectivity index (χ2v) is 12.1. The first-order valence-electron chi connectivity index (χ1n) is 14.1. The van der Waals surface area contributed by atoms with Crippen molar-refractivity contribution in [2.24, 2.45) is 0 Å². The number of H-pyrrole nitrogens is 1. The van der Waals surface area contributed by atoms with Gasteiger partial charge in [-0.2, -0.15) is 0 Å². The van der Waals surface area contributed by atoms with Crippen LogP contribution < -0.4 is 15.8 Å². The van der Waals surface area contributed by atoms with Gasteiger partial charge < -0.3 is 18.7 Å². The average Bonchev–Trinajstić information content (AvgIpc) is 3.35. The molecular weight excluding hydrogens is 603 g/mol. The molecule has 3 aromatic carbocycles. The fourth-order valence-electron chi connectivity index (χ4n) is 4.75. The van der Waals surface area contributed by atoms with Crippen LogP contribution in [0.1, 0.15) is 39.4 Å². The average molecular weight is 635 g/mol. The van der Waals surface area contributed by atoms with E-state index in [1.165, 1.54) is 25.0 Å². The van der Waals surface area contributed by atoms with Crippen molar-refractivity contribution in [3.63, 3.8) is 0 Å². The molecule has 4 aromatic rings. The minimum atomic E-state index is -3.98. The van der Waals surface area contributed by atoms with Crippen molar-refractivity contribution in [2.75, 3.05) is 13.3 Å². The standard InChI is InChI=1S/C32H31N2O10P/c1-3-21-14-16-24(17-15-21)43-45(2,39)44-27-25(20-40-30(36)22-10-6-4-7-11-22)41-29(34-19-18-26(35)33-32(34)38)28(27)42-31(37)23-12-8-5-9-13-23/h4-19,25,27-29H,3,20H2,1-2H3,(H,33,35,38)/t25-,27-,28-,29-,45?/m1/s1. The number of nitrogens with zero attached hydrogens (tertiary/aromatic N) is 1. The minimum absolute atomic E-state index is 0.190. The first-order chi connectivity index (χ1) is 21.6. The van der Waals surface area contributed by atoms with Crippen LogP contribution in [0.15, 0.2) is 107 Å². The zero-order chi connectivity index (χ0) is 32.0. The van der Waals surface area contributed by atoms with Gasteiger partial charge in [-0.3, -0.25) is 18.9 Å². The molecular formula is C32H31N2O10P. The molecule has 0 radical (unpaired) electrons. The second-order valence-electron chi connectivity index (χ2n) is 10.2. The number of carbonyl (C=O) groups excluding carboxylic acids is 2. The Balaban J connectivity index is 1.49. The van der Waals surface area contributed by atoms with E-state index in [0.717, 1.165) is 22.6 Å². The summed E-state index contributed by atoms with van der Waals surface area (Å²) in [6.07, 6.45) is -3.40. The molecule has 1 fully saturated rings. The van der Waals surface area contributed by atoms with Gasteiger partial charge in [-0.15, -0.1) is 0 Å². The third-order valence-corrected chi connectivity index (χ3v) is 8.14. The smallest absolute Gasteiger partial charge is 0.376 e. The molecule has 1 unspecified atom stereocenters. The summed E-state index contributed by atoms with van der Waals surface area (Å²) in [5, 5.41) is 0. The van der Waals surface area contributed by atoms with Crippen LogP contribution in [0.25, 0.3) is 0 Å². The molecule has 1 N–H and O–H groups in total. The van der Waals surface area contributed by atoms with E-state index in [0.29, 0.717) is 0 Å². The third kappa shape index (κ3) is 7.85. The molecule has 5 atom stereocenters. The molecule has 13 heteroatoms. The molecule has 0 spiro atoms. The van der Waals surface area contributed by atoms with Gasteiger partial charge in [0.15, 0.2) is 12.3 Å². The van der Waals surface area contributed by atoms with E-state index in [-0.39, 0.29) is 16.9 Å². The van der Waals surface area contributed by atoms with Crippen LogP contribution in [0.3, 0.4) is 0 Å². The highest BCUT2D eigenvalue weighted by Gasteiger charge is 2.52. The van der Waals surface area contributed by atoms with E-state index < -0.39 is 61.9 Å². The van der Waals surface area contributed by atoms with Gasteiger partial charge in [-0.05, 0) is 48.4 Å². The second kappa shape index (κ2) is 13.9. The Kier molecular flexibility index (Phi) is 9.77. The fourth-order valence-corrected chi connectivity index (χ4v) is 5.99. The lowest BCUT2D eigenvalue weighted by molar-refractivity contribution is -0.0635. The Morgan fingerprint density at radius 3 is 2.09 bits per heavy atom. The van der Waals surface area contributed by atoms with Crippen molar-refractivity contribution < 1.29 is 37.4 Å². The third-order valence-electron chi connectivity index (χ3n) is 6.97. The number of hydrogen-bond acceptors (Lipinski definition) is 10. The molecule has 12 nitrogen and oxygen atoms in total. The lowest BCUT2D eigenvalue weighted by Gasteiger charge is -2.27. The number of aromatic nitrogens is 2. The van der Waals surface area contributed by atoms with Gasteiger partial charge >= 0.3 is 25.2 Å². The van der Waals surface area contributed by atoms with Crippen molar-refractivity contribution >= 4 is 19.5 Å². The topological polar surface area (TPSA) is 152 Å². The van der Waals surface area contributed by atoms with Gasteiger partial charge in [-0.25, -0.2) is 18.9 Å². The molecule has 1 aliphatic rings. The summed E-state index contributed by atoms with van der Waals surface area (Å²) < 4.78 is 44.1. The maximum Gasteiger partial charge on any atom is 0.376 e. The van der Waals surface area contributed by atoms with E-state index >= 15 is 0 Å². The van der Waals surface area contributed by atoms with Crippen LogP contribution in [-0.2, 0) is 29.7 Å². The molecule has 0 bridgehead atoms. The Labute approximate surface area is 258 Å². The van der Waals surface area contributed by atoms with Gasteiger partial charge in [0.25, 0.3) is 5.56 Å². The number of aromatic amines is 1. The Morgan fingerprint density at radius 1 is 0.867 bits per heavy atom. The van der Waals surface area contributed by atoms with Crippen molar-refractivity contribution in [1.29, 1.82) is 0 Å². The predicted octanol–water partition coefficient (Wildman–Crippen LogP) is 4.37. The molecule has 1 aromatic heterocycles. The van der Waals surface area contributed by atoms with Gasteiger partial charge in [-0.1, -0.05) is 55.5 Å². The monoisotopic (exact) mass is 634 g/mol. The molecule has 234 valence electrons. The quantitative estimate of drug-likeness (QED) is 0.186. The van der Waals surface area contributed by atoms with E-state index in [1.807, 2.05) is 19.1 Å². The highest BCUT2D eigenvalue weighted by atomic mass is 31.2. The number of esters is 2. The zero-order valence-corrected chi connectivity index (χ0v) is 25.3. The number of nitrogens with one attached hydrogen (secondary N) is 1. The fraction of sp³-hybridized carbons (Fsp3) is 0.250. The summed E-state index contributed by atoms with van der Waals surface area (Å²) >= 11 is 0.